The summed E-state index contributed by atoms with van der Waals surface area (Å²) in [6, 6.07) is 2.28. The summed E-state index contributed by atoms with van der Waals surface area (Å²) in [4.78, 5) is 11.2. The van der Waals surface area contributed by atoms with Crippen molar-refractivity contribution in [1.29, 1.82) is 0 Å². The largest absolute Gasteiger partial charge is 0.352 e. The second-order valence-electron chi connectivity index (χ2n) is 3.36. The Balaban J connectivity index is 2.36. The molecule has 0 bridgehead atoms. The van der Waals surface area contributed by atoms with E-state index in [1.165, 1.54) is 5.56 Å². The van der Waals surface area contributed by atoms with Crippen molar-refractivity contribution >= 4 is 33.2 Å². The number of hydrogen-bond acceptors (Lipinski definition) is 2. The molecule has 1 amide bonds. The lowest BCUT2D eigenvalue weighted by Crippen LogP contribution is -2.37. The first-order chi connectivity index (χ1) is 6.59. The highest BCUT2D eigenvalue weighted by Crippen LogP contribution is 2.09. The van der Waals surface area contributed by atoms with Crippen molar-refractivity contribution in [2.24, 2.45) is 0 Å². The first-order valence-corrected chi connectivity index (χ1v) is 6.41. The van der Waals surface area contributed by atoms with E-state index in [0.29, 0.717) is 0 Å². The highest BCUT2D eigenvalue weighted by molar-refractivity contribution is 9.10. The van der Waals surface area contributed by atoms with Crippen LogP contribution in [0.1, 0.15) is 19.4 Å². The molecule has 0 saturated carbocycles. The third-order valence-corrected chi connectivity index (χ3v) is 3.02. The number of carbonyl (C=O) groups is 1. The molecule has 1 heterocycles. The summed E-state index contributed by atoms with van der Waals surface area (Å²) >= 11 is 4.92. The SMILES string of the molecule is CC(Cc1ccsc1)NC(=O)C(C)Br. The maximum absolute atomic E-state index is 11.3. The van der Waals surface area contributed by atoms with Gasteiger partial charge in [-0.3, -0.25) is 4.79 Å². The number of halogens is 1. The smallest absolute Gasteiger partial charge is 0.233 e. The van der Waals surface area contributed by atoms with Crippen molar-refractivity contribution in [3.63, 3.8) is 0 Å². The maximum Gasteiger partial charge on any atom is 0.233 e. The Morgan fingerprint density at radius 3 is 2.86 bits per heavy atom. The van der Waals surface area contributed by atoms with Crippen LogP contribution in [-0.2, 0) is 11.2 Å². The molecular formula is C10H14BrNOS. The van der Waals surface area contributed by atoms with E-state index in [0.717, 1.165) is 6.42 Å². The summed E-state index contributed by atoms with van der Waals surface area (Å²) in [5.74, 6) is 0.0488. The normalized spacial score (nSPS) is 14.8. The van der Waals surface area contributed by atoms with Crippen LogP contribution in [0.15, 0.2) is 16.8 Å². The van der Waals surface area contributed by atoms with Crippen LogP contribution in [0.2, 0.25) is 0 Å². The molecule has 2 unspecified atom stereocenters. The van der Waals surface area contributed by atoms with Gasteiger partial charge in [0.15, 0.2) is 0 Å². The Hall–Kier alpha value is -0.350. The second kappa shape index (κ2) is 5.51. The fourth-order valence-electron chi connectivity index (χ4n) is 1.17. The molecule has 0 aliphatic heterocycles. The lowest BCUT2D eigenvalue weighted by Gasteiger charge is -2.14. The Kier molecular flexibility index (Phi) is 4.62. The van der Waals surface area contributed by atoms with Crippen LogP contribution >= 0.6 is 27.3 Å². The van der Waals surface area contributed by atoms with Crippen LogP contribution in [0, 0.1) is 0 Å². The average molecular weight is 276 g/mol. The summed E-state index contributed by atoms with van der Waals surface area (Å²) in [6.07, 6.45) is 0.898. The van der Waals surface area contributed by atoms with Gasteiger partial charge in [-0.25, -0.2) is 0 Å². The maximum atomic E-state index is 11.3. The van der Waals surface area contributed by atoms with Gasteiger partial charge in [-0.2, -0.15) is 11.3 Å². The standard InChI is InChI=1S/C10H14BrNOS/c1-7(12-10(13)8(2)11)5-9-3-4-14-6-9/h3-4,6-8H,5H2,1-2H3,(H,12,13). The molecule has 0 fully saturated rings. The lowest BCUT2D eigenvalue weighted by molar-refractivity contribution is -0.120. The van der Waals surface area contributed by atoms with Crippen molar-refractivity contribution in [3.05, 3.63) is 22.4 Å². The fraction of sp³-hybridized carbons (Fsp3) is 0.500. The lowest BCUT2D eigenvalue weighted by atomic mass is 10.1. The summed E-state index contributed by atoms with van der Waals surface area (Å²) < 4.78 is 0. The van der Waals surface area contributed by atoms with Crippen molar-refractivity contribution in [2.75, 3.05) is 0 Å². The number of carbonyl (C=O) groups excluding carboxylic acids is 1. The summed E-state index contributed by atoms with van der Waals surface area (Å²) in [5.41, 5.74) is 1.28. The Morgan fingerprint density at radius 2 is 2.36 bits per heavy atom. The minimum Gasteiger partial charge on any atom is -0.352 e. The van der Waals surface area contributed by atoms with E-state index in [1.54, 1.807) is 11.3 Å². The Morgan fingerprint density at radius 1 is 1.64 bits per heavy atom. The van der Waals surface area contributed by atoms with Crippen LogP contribution in [-0.4, -0.2) is 16.8 Å². The molecule has 1 rings (SSSR count). The number of alkyl halides is 1. The van der Waals surface area contributed by atoms with Gasteiger partial charge in [0.25, 0.3) is 0 Å². The zero-order chi connectivity index (χ0) is 10.6. The van der Waals surface area contributed by atoms with Gasteiger partial charge in [0, 0.05) is 6.04 Å². The Labute approximate surface area is 96.8 Å². The molecule has 0 radical (unpaired) electrons. The van der Waals surface area contributed by atoms with Crippen LogP contribution in [0.4, 0.5) is 0 Å². The van der Waals surface area contributed by atoms with E-state index >= 15 is 0 Å². The third-order valence-electron chi connectivity index (χ3n) is 1.87. The zero-order valence-corrected chi connectivity index (χ0v) is 10.7. The van der Waals surface area contributed by atoms with Gasteiger partial charge in [0.1, 0.15) is 0 Å². The minimum atomic E-state index is -0.118. The van der Waals surface area contributed by atoms with Gasteiger partial charge in [-0.1, -0.05) is 15.9 Å². The van der Waals surface area contributed by atoms with E-state index in [2.05, 4.69) is 38.1 Å². The molecular weight excluding hydrogens is 262 g/mol. The van der Waals surface area contributed by atoms with Crippen LogP contribution in [0.25, 0.3) is 0 Å². The number of nitrogens with one attached hydrogen (secondary N) is 1. The van der Waals surface area contributed by atoms with Gasteiger partial charge in [-0.15, -0.1) is 0 Å². The quantitative estimate of drug-likeness (QED) is 0.841. The van der Waals surface area contributed by atoms with E-state index in [1.807, 2.05) is 13.8 Å². The van der Waals surface area contributed by atoms with Gasteiger partial charge in [0.2, 0.25) is 5.91 Å². The Bertz CT molecular complexity index is 284. The average Bonchev–Trinajstić information content (AvgIpc) is 2.56. The van der Waals surface area contributed by atoms with E-state index < -0.39 is 0 Å². The topological polar surface area (TPSA) is 29.1 Å². The first kappa shape index (κ1) is 11.7. The molecule has 0 aromatic carbocycles. The molecule has 0 aliphatic rings. The molecule has 14 heavy (non-hydrogen) atoms. The molecule has 0 spiro atoms. The summed E-state index contributed by atoms with van der Waals surface area (Å²) in [5, 5.41) is 7.10. The van der Waals surface area contributed by atoms with Crippen molar-refractivity contribution in [2.45, 2.75) is 31.1 Å². The number of thiophene rings is 1. The predicted molar refractivity (Wildman–Crippen MR) is 64.0 cm³/mol. The molecule has 1 aromatic rings. The molecule has 1 aromatic heterocycles. The molecule has 1 N–H and O–H groups in total. The molecule has 78 valence electrons. The highest BCUT2D eigenvalue weighted by Gasteiger charge is 2.12. The van der Waals surface area contributed by atoms with Crippen molar-refractivity contribution < 1.29 is 4.79 Å². The second-order valence-corrected chi connectivity index (χ2v) is 5.51. The molecule has 0 saturated heterocycles. The fourth-order valence-corrected chi connectivity index (χ4v) is 1.98. The molecule has 2 nitrogen and oxygen atoms in total. The van der Waals surface area contributed by atoms with Crippen LogP contribution in [0.3, 0.4) is 0 Å². The van der Waals surface area contributed by atoms with E-state index in [9.17, 15) is 4.79 Å². The van der Waals surface area contributed by atoms with Crippen molar-refractivity contribution in [1.82, 2.24) is 5.32 Å². The number of hydrogen-bond donors (Lipinski definition) is 1. The third kappa shape index (κ3) is 3.80. The highest BCUT2D eigenvalue weighted by atomic mass is 79.9. The van der Waals surface area contributed by atoms with Crippen LogP contribution in [0.5, 0.6) is 0 Å². The first-order valence-electron chi connectivity index (χ1n) is 4.55. The molecule has 4 heteroatoms. The van der Waals surface area contributed by atoms with Gasteiger partial charge < -0.3 is 5.32 Å². The molecule has 0 aliphatic carbocycles. The zero-order valence-electron chi connectivity index (χ0n) is 8.29. The van der Waals surface area contributed by atoms with Gasteiger partial charge in [0.05, 0.1) is 4.83 Å². The minimum absolute atomic E-state index is 0.0488. The van der Waals surface area contributed by atoms with Gasteiger partial charge >= 0.3 is 0 Å². The van der Waals surface area contributed by atoms with Crippen molar-refractivity contribution in [3.8, 4) is 0 Å². The molecule has 2 atom stereocenters. The summed E-state index contributed by atoms with van der Waals surface area (Å²) in [7, 11) is 0. The van der Waals surface area contributed by atoms with Crippen LogP contribution < -0.4 is 5.32 Å². The summed E-state index contributed by atoms with van der Waals surface area (Å²) in [6.45, 7) is 3.84. The monoisotopic (exact) mass is 275 g/mol. The van der Waals surface area contributed by atoms with Gasteiger partial charge in [-0.05, 0) is 42.7 Å². The number of rotatable bonds is 4. The van der Waals surface area contributed by atoms with E-state index in [-0.39, 0.29) is 16.8 Å². The van der Waals surface area contributed by atoms with E-state index in [4.69, 9.17) is 0 Å². The number of amides is 1. The predicted octanol–water partition coefficient (Wildman–Crippen LogP) is 2.58.